The van der Waals surface area contributed by atoms with Crippen LogP contribution in [-0.4, -0.2) is 31.4 Å². The van der Waals surface area contributed by atoms with Crippen molar-refractivity contribution in [1.29, 1.82) is 0 Å². The highest BCUT2D eigenvalue weighted by Crippen LogP contribution is 2.17. The van der Waals surface area contributed by atoms with Crippen LogP contribution in [-0.2, 0) is 16.0 Å². The number of amides is 2. The fourth-order valence-electron chi connectivity index (χ4n) is 2.72. The SMILES string of the molecule is CNC(=O)Cc1ccc(NCC(=O)NC2CCCCC2)cc1. The van der Waals surface area contributed by atoms with Gasteiger partial charge in [0.1, 0.15) is 0 Å². The summed E-state index contributed by atoms with van der Waals surface area (Å²) in [4.78, 5) is 23.2. The number of carbonyl (C=O) groups excluding carboxylic acids is 2. The number of nitrogens with one attached hydrogen (secondary N) is 3. The van der Waals surface area contributed by atoms with Gasteiger partial charge in [-0.25, -0.2) is 0 Å². The van der Waals surface area contributed by atoms with Crippen LogP contribution in [0.1, 0.15) is 37.7 Å². The molecule has 0 aromatic heterocycles. The van der Waals surface area contributed by atoms with Crippen LogP contribution in [0.15, 0.2) is 24.3 Å². The second kappa shape index (κ2) is 8.41. The third-order valence-corrected chi connectivity index (χ3v) is 4.02. The van der Waals surface area contributed by atoms with E-state index in [-0.39, 0.29) is 18.4 Å². The van der Waals surface area contributed by atoms with Gasteiger partial charge in [0.2, 0.25) is 11.8 Å². The van der Waals surface area contributed by atoms with Gasteiger partial charge >= 0.3 is 0 Å². The smallest absolute Gasteiger partial charge is 0.239 e. The Hall–Kier alpha value is -2.04. The first-order valence-corrected chi connectivity index (χ1v) is 8.00. The van der Waals surface area contributed by atoms with E-state index in [1.54, 1.807) is 7.05 Å². The fraction of sp³-hybridized carbons (Fsp3) is 0.529. The fourth-order valence-corrected chi connectivity index (χ4v) is 2.72. The van der Waals surface area contributed by atoms with Gasteiger partial charge in [-0.1, -0.05) is 31.4 Å². The Morgan fingerprint density at radius 1 is 1.05 bits per heavy atom. The summed E-state index contributed by atoms with van der Waals surface area (Å²) in [7, 11) is 1.63. The molecule has 2 rings (SSSR count). The Balaban J connectivity index is 1.73. The van der Waals surface area contributed by atoms with Crippen LogP contribution in [0, 0.1) is 0 Å². The lowest BCUT2D eigenvalue weighted by Crippen LogP contribution is -2.39. The molecule has 5 nitrogen and oxygen atoms in total. The molecule has 0 radical (unpaired) electrons. The first-order chi connectivity index (χ1) is 10.7. The van der Waals surface area contributed by atoms with E-state index in [4.69, 9.17) is 0 Å². The van der Waals surface area contributed by atoms with Crippen molar-refractivity contribution in [3.8, 4) is 0 Å². The van der Waals surface area contributed by atoms with Gasteiger partial charge in [0.05, 0.1) is 13.0 Å². The minimum absolute atomic E-state index is 0.00688. The van der Waals surface area contributed by atoms with Crippen molar-refractivity contribution in [3.63, 3.8) is 0 Å². The highest BCUT2D eigenvalue weighted by Gasteiger charge is 2.15. The third-order valence-electron chi connectivity index (χ3n) is 4.02. The molecule has 5 heteroatoms. The zero-order valence-corrected chi connectivity index (χ0v) is 13.2. The van der Waals surface area contributed by atoms with Crippen LogP contribution in [0.3, 0.4) is 0 Å². The number of likely N-dealkylation sites (N-methyl/N-ethyl adjacent to an activating group) is 1. The predicted octanol–water partition coefficient (Wildman–Crippen LogP) is 1.84. The molecule has 0 spiro atoms. The van der Waals surface area contributed by atoms with Crippen molar-refractivity contribution in [2.75, 3.05) is 18.9 Å². The summed E-state index contributed by atoms with van der Waals surface area (Å²) in [5.74, 6) is 0.0360. The first-order valence-electron chi connectivity index (χ1n) is 8.00. The molecule has 22 heavy (non-hydrogen) atoms. The van der Waals surface area contributed by atoms with Gasteiger partial charge in [-0.15, -0.1) is 0 Å². The number of rotatable bonds is 6. The Morgan fingerprint density at radius 3 is 2.36 bits per heavy atom. The van der Waals surface area contributed by atoms with Crippen LogP contribution >= 0.6 is 0 Å². The summed E-state index contributed by atoms with van der Waals surface area (Å²) >= 11 is 0. The standard InChI is InChI=1S/C17H25N3O2/c1-18-16(21)11-13-7-9-14(10-8-13)19-12-17(22)20-15-5-3-2-4-6-15/h7-10,15,19H,2-6,11-12H2,1H3,(H,18,21)(H,20,22). The summed E-state index contributed by atoms with van der Waals surface area (Å²) in [6.07, 6.45) is 6.28. The van der Waals surface area contributed by atoms with Crippen LogP contribution < -0.4 is 16.0 Å². The summed E-state index contributed by atoms with van der Waals surface area (Å²) in [6.45, 7) is 0.283. The molecular formula is C17H25N3O2. The van der Waals surface area contributed by atoms with Gasteiger partial charge in [0, 0.05) is 18.8 Å². The van der Waals surface area contributed by atoms with Crippen molar-refractivity contribution >= 4 is 17.5 Å². The average Bonchev–Trinajstić information content (AvgIpc) is 2.55. The van der Waals surface area contributed by atoms with E-state index < -0.39 is 0 Å². The monoisotopic (exact) mass is 303 g/mol. The van der Waals surface area contributed by atoms with Gasteiger partial charge in [0.25, 0.3) is 0 Å². The highest BCUT2D eigenvalue weighted by atomic mass is 16.2. The Kier molecular flexibility index (Phi) is 6.25. The van der Waals surface area contributed by atoms with Gasteiger partial charge in [-0.05, 0) is 30.5 Å². The molecule has 0 heterocycles. The van der Waals surface area contributed by atoms with Gasteiger partial charge in [0.15, 0.2) is 0 Å². The molecule has 0 atom stereocenters. The van der Waals surface area contributed by atoms with Crippen LogP contribution in [0.2, 0.25) is 0 Å². The first kappa shape index (κ1) is 16.3. The maximum atomic E-state index is 11.9. The second-order valence-corrected chi connectivity index (χ2v) is 5.80. The number of anilines is 1. The van der Waals surface area contributed by atoms with E-state index in [0.29, 0.717) is 12.5 Å². The quantitative estimate of drug-likeness (QED) is 0.751. The Bertz CT molecular complexity index is 493. The molecule has 0 unspecified atom stereocenters. The number of benzene rings is 1. The van der Waals surface area contributed by atoms with Crippen molar-refractivity contribution in [2.24, 2.45) is 0 Å². The molecule has 3 N–H and O–H groups in total. The third kappa shape index (κ3) is 5.39. The lowest BCUT2D eigenvalue weighted by atomic mass is 9.95. The Labute approximate surface area is 131 Å². The number of carbonyl (C=O) groups is 2. The lowest BCUT2D eigenvalue weighted by molar-refractivity contribution is -0.121. The number of hydrogen-bond acceptors (Lipinski definition) is 3. The number of hydrogen-bond donors (Lipinski definition) is 3. The minimum Gasteiger partial charge on any atom is -0.376 e. The molecule has 0 saturated heterocycles. The van der Waals surface area contributed by atoms with Crippen molar-refractivity contribution in [1.82, 2.24) is 10.6 Å². The van der Waals surface area contributed by atoms with Crippen molar-refractivity contribution in [3.05, 3.63) is 29.8 Å². The summed E-state index contributed by atoms with van der Waals surface area (Å²) in [5, 5.41) is 8.80. The average molecular weight is 303 g/mol. The van der Waals surface area contributed by atoms with E-state index >= 15 is 0 Å². The summed E-state index contributed by atoms with van der Waals surface area (Å²) < 4.78 is 0. The molecule has 1 fully saturated rings. The molecule has 1 saturated carbocycles. The van der Waals surface area contributed by atoms with E-state index in [1.165, 1.54) is 19.3 Å². The molecule has 2 amide bonds. The molecular weight excluding hydrogens is 278 g/mol. The molecule has 1 aliphatic rings. The lowest BCUT2D eigenvalue weighted by Gasteiger charge is -2.22. The highest BCUT2D eigenvalue weighted by molar-refractivity contribution is 5.81. The second-order valence-electron chi connectivity index (χ2n) is 5.80. The topological polar surface area (TPSA) is 70.2 Å². The largest absolute Gasteiger partial charge is 0.376 e. The van der Waals surface area contributed by atoms with E-state index in [1.807, 2.05) is 24.3 Å². The van der Waals surface area contributed by atoms with Gasteiger partial charge in [-0.3, -0.25) is 9.59 Å². The van der Waals surface area contributed by atoms with Gasteiger partial charge < -0.3 is 16.0 Å². The predicted molar refractivity (Wildman–Crippen MR) is 87.7 cm³/mol. The van der Waals surface area contributed by atoms with Crippen LogP contribution in [0.25, 0.3) is 0 Å². The maximum absolute atomic E-state index is 11.9. The van der Waals surface area contributed by atoms with E-state index in [0.717, 1.165) is 24.1 Å². The summed E-state index contributed by atoms with van der Waals surface area (Å²) in [6, 6.07) is 7.93. The van der Waals surface area contributed by atoms with E-state index in [9.17, 15) is 9.59 Å². The maximum Gasteiger partial charge on any atom is 0.239 e. The molecule has 1 aliphatic carbocycles. The van der Waals surface area contributed by atoms with Crippen LogP contribution in [0.5, 0.6) is 0 Å². The van der Waals surface area contributed by atoms with Crippen LogP contribution in [0.4, 0.5) is 5.69 Å². The van der Waals surface area contributed by atoms with E-state index in [2.05, 4.69) is 16.0 Å². The molecule has 1 aromatic rings. The summed E-state index contributed by atoms with van der Waals surface area (Å²) in [5.41, 5.74) is 1.84. The Morgan fingerprint density at radius 2 is 1.73 bits per heavy atom. The molecule has 120 valence electrons. The normalized spacial score (nSPS) is 15.1. The molecule has 0 bridgehead atoms. The van der Waals surface area contributed by atoms with Crippen molar-refractivity contribution < 1.29 is 9.59 Å². The molecule has 0 aliphatic heterocycles. The zero-order valence-electron chi connectivity index (χ0n) is 13.2. The molecule has 1 aromatic carbocycles. The minimum atomic E-state index is -0.00688. The van der Waals surface area contributed by atoms with Crippen molar-refractivity contribution in [2.45, 2.75) is 44.6 Å². The zero-order chi connectivity index (χ0) is 15.8. The van der Waals surface area contributed by atoms with Gasteiger partial charge in [-0.2, -0.15) is 0 Å².